The molecule has 0 aliphatic carbocycles. The van der Waals surface area contributed by atoms with Crippen molar-refractivity contribution in [2.24, 2.45) is 0 Å². The number of carbonyl (C=O) groups excluding carboxylic acids is 2. The Morgan fingerprint density at radius 3 is 2.77 bits per heavy atom. The van der Waals surface area contributed by atoms with Gasteiger partial charge in [-0.05, 0) is 36.4 Å². The van der Waals surface area contributed by atoms with Crippen LogP contribution >= 0.6 is 46.3 Å². The third-order valence-electron chi connectivity index (χ3n) is 4.10. The van der Waals surface area contributed by atoms with Crippen molar-refractivity contribution in [1.29, 1.82) is 0 Å². The number of hydrogen-bond donors (Lipinski definition) is 1. The summed E-state index contributed by atoms with van der Waals surface area (Å²) in [6.45, 7) is 0.169. The van der Waals surface area contributed by atoms with Gasteiger partial charge < -0.3 is 14.8 Å². The van der Waals surface area contributed by atoms with E-state index in [4.69, 9.17) is 32.7 Å². The van der Waals surface area contributed by atoms with E-state index in [-0.39, 0.29) is 30.7 Å². The smallest absolute Gasteiger partial charge is 0.231 e. The first-order valence-electron chi connectivity index (χ1n) is 8.73. The van der Waals surface area contributed by atoms with Crippen molar-refractivity contribution in [2.45, 2.75) is 10.8 Å². The quantitative estimate of drug-likeness (QED) is 0.363. The number of thioether (sulfide) groups is 1. The van der Waals surface area contributed by atoms with Crippen molar-refractivity contribution in [1.82, 2.24) is 4.98 Å². The summed E-state index contributed by atoms with van der Waals surface area (Å²) >= 11 is 14.6. The molecule has 1 N–H and O–H groups in total. The molecule has 0 bridgehead atoms. The molecule has 0 unspecified atom stereocenters. The molecule has 10 heteroatoms. The van der Waals surface area contributed by atoms with Crippen LogP contribution in [0, 0.1) is 0 Å². The molecule has 2 aromatic carbocycles. The van der Waals surface area contributed by atoms with Gasteiger partial charge in [0.15, 0.2) is 21.6 Å². The number of thiazole rings is 1. The van der Waals surface area contributed by atoms with Crippen LogP contribution in [0.4, 0.5) is 5.69 Å². The molecule has 0 saturated carbocycles. The maximum absolute atomic E-state index is 12.4. The molecule has 1 amide bonds. The zero-order valence-electron chi connectivity index (χ0n) is 15.3. The fourth-order valence-corrected chi connectivity index (χ4v) is 4.70. The number of nitrogens with one attached hydrogen (secondary N) is 1. The Balaban J connectivity index is 1.30. The number of carbonyl (C=O) groups is 2. The number of amides is 1. The lowest BCUT2D eigenvalue weighted by Gasteiger charge is -2.05. The Hall–Kier alpha value is -2.26. The van der Waals surface area contributed by atoms with E-state index in [1.54, 1.807) is 36.4 Å². The summed E-state index contributed by atoms with van der Waals surface area (Å²) in [6, 6.07) is 10.0. The van der Waals surface area contributed by atoms with Gasteiger partial charge in [0.25, 0.3) is 0 Å². The first-order chi connectivity index (χ1) is 14.5. The number of Topliss-reactive ketones (excluding diaryl/α,β-unsaturated/α-hetero) is 1. The Labute approximate surface area is 190 Å². The van der Waals surface area contributed by atoms with Gasteiger partial charge in [0.1, 0.15) is 0 Å². The summed E-state index contributed by atoms with van der Waals surface area (Å²) in [4.78, 5) is 29.1. The SMILES string of the molecule is O=C(Cc1csc(SCC(=O)c2ccc3c(c2)OCO3)n1)Nc1ccc(Cl)c(Cl)c1. The predicted octanol–water partition coefficient (Wildman–Crippen LogP) is 5.33. The first kappa shape index (κ1) is 21.0. The highest BCUT2D eigenvalue weighted by atomic mass is 35.5. The second kappa shape index (κ2) is 9.26. The van der Waals surface area contributed by atoms with Gasteiger partial charge in [0, 0.05) is 16.6 Å². The fourth-order valence-electron chi connectivity index (χ4n) is 2.66. The Kier molecular flexibility index (Phi) is 6.48. The maximum Gasteiger partial charge on any atom is 0.231 e. The van der Waals surface area contributed by atoms with E-state index in [1.807, 2.05) is 5.38 Å². The Morgan fingerprint density at radius 1 is 1.10 bits per heavy atom. The van der Waals surface area contributed by atoms with E-state index in [1.165, 1.54) is 23.1 Å². The highest BCUT2D eigenvalue weighted by Gasteiger charge is 2.17. The fraction of sp³-hybridized carbons (Fsp3) is 0.150. The van der Waals surface area contributed by atoms with Crippen LogP contribution in [0.2, 0.25) is 10.0 Å². The molecule has 3 aromatic rings. The van der Waals surface area contributed by atoms with Crippen LogP contribution in [0.3, 0.4) is 0 Å². The van der Waals surface area contributed by atoms with Crippen molar-refractivity contribution >= 4 is 63.7 Å². The number of benzene rings is 2. The van der Waals surface area contributed by atoms with E-state index in [2.05, 4.69) is 10.3 Å². The van der Waals surface area contributed by atoms with Crippen molar-refractivity contribution in [3.05, 3.63) is 63.1 Å². The summed E-state index contributed by atoms with van der Waals surface area (Å²) in [6.07, 6.45) is 0.118. The van der Waals surface area contributed by atoms with Crippen LogP contribution in [0.5, 0.6) is 11.5 Å². The van der Waals surface area contributed by atoms with Gasteiger partial charge in [-0.2, -0.15) is 0 Å². The van der Waals surface area contributed by atoms with Gasteiger partial charge in [-0.3, -0.25) is 9.59 Å². The molecule has 0 saturated heterocycles. The minimum absolute atomic E-state index is 0.0348. The van der Waals surface area contributed by atoms with Crippen LogP contribution in [-0.4, -0.2) is 29.2 Å². The van der Waals surface area contributed by atoms with Crippen LogP contribution in [0.1, 0.15) is 16.1 Å². The number of ketones is 1. The molecule has 154 valence electrons. The molecule has 0 radical (unpaired) electrons. The van der Waals surface area contributed by atoms with E-state index in [0.717, 1.165) is 4.34 Å². The zero-order chi connectivity index (χ0) is 21.1. The van der Waals surface area contributed by atoms with Gasteiger partial charge in [0.05, 0.1) is 27.9 Å². The number of halogens is 2. The predicted molar refractivity (Wildman–Crippen MR) is 119 cm³/mol. The zero-order valence-corrected chi connectivity index (χ0v) is 18.5. The second-order valence-corrected chi connectivity index (χ2v) is 9.13. The Morgan fingerprint density at radius 2 is 1.93 bits per heavy atom. The number of hydrogen-bond acceptors (Lipinski definition) is 7. The van der Waals surface area contributed by atoms with Crippen LogP contribution in [0.25, 0.3) is 0 Å². The lowest BCUT2D eigenvalue weighted by Crippen LogP contribution is -2.14. The number of rotatable bonds is 7. The van der Waals surface area contributed by atoms with E-state index >= 15 is 0 Å². The van der Waals surface area contributed by atoms with E-state index in [9.17, 15) is 9.59 Å². The number of nitrogens with zero attached hydrogens (tertiary/aromatic N) is 1. The molecule has 0 spiro atoms. The van der Waals surface area contributed by atoms with Gasteiger partial charge >= 0.3 is 0 Å². The number of aromatic nitrogens is 1. The highest BCUT2D eigenvalue weighted by molar-refractivity contribution is 8.01. The molecule has 2 heterocycles. The highest BCUT2D eigenvalue weighted by Crippen LogP contribution is 2.33. The average molecular weight is 481 g/mol. The summed E-state index contributed by atoms with van der Waals surface area (Å²) < 4.78 is 11.3. The van der Waals surface area contributed by atoms with Crippen molar-refractivity contribution < 1.29 is 19.1 Å². The summed E-state index contributed by atoms with van der Waals surface area (Å²) in [5, 5.41) is 5.36. The molecule has 1 aliphatic rings. The third-order valence-corrected chi connectivity index (χ3v) is 6.91. The van der Waals surface area contributed by atoms with Crippen LogP contribution in [0.15, 0.2) is 46.1 Å². The average Bonchev–Trinajstić information content (AvgIpc) is 3.37. The number of fused-ring (bicyclic) bond motifs is 1. The molecule has 4 rings (SSSR count). The van der Waals surface area contributed by atoms with Gasteiger partial charge in [0.2, 0.25) is 12.7 Å². The standard InChI is InChI=1S/C20H14Cl2N2O4S2/c21-14-3-2-12(6-15(14)22)23-19(26)7-13-8-29-20(24-13)30-9-16(25)11-1-4-17-18(5-11)28-10-27-17/h1-6,8H,7,9-10H2,(H,23,26). The number of ether oxygens (including phenoxy) is 2. The molecule has 6 nitrogen and oxygen atoms in total. The Bertz CT molecular complexity index is 1120. The summed E-state index contributed by atoms with van der Waals surface area (Å²) in [7, 11) is 0. The maximum atomic E-state index is 12.4. The van der Waals surface area contributed by atoms with Crippen LogP contribution in [-0.2, 0) is 11.2 Å². The molecular formula is C20H14Cl2N2O4S2. The monoisotopic (exact) mass is 480 g/mol. The van der Waals surface area contributed by atoms with Crippen molar-refractivity contribution in [3.8, 4) is 11.5 Å². The third kappa shape index (κ3) is 5.07. The van der Waals surface area contributed by atoms with Gasteiger partial charge in [-0.25, -0.2) is 4.98 Å². The molecular weight excluding hydrogens is 467 g/mol. The first-order valence-corrected chi connectivity index (χ1v) is 11.3. The minimum atomic E-state index is -0.216. The van der Waals surface area contributed by atoms with E-state index in [0.29, 0.717) is 38.5 Å². The molecule has 0 atom stereocenters. The topological polar surface area (TPSA) is 77.5 Å². The molecule has 30 heavy (non-hydrogen) atoms. The van der Waals surface area contributed by atoms with E-state index < -0.39 is 0 Å². The number of anilines is 1. The summed E-state index contributed by atoms with van der Waals surface area (Å²) in [5.74, 6) is 1.21. The van der Waals surface area contributed by atoms with Crippen molar-refractivity contribution in [2.75, 3.05) is 17.9 Å². The molecule has 1 aliphatic heterocycles. The largest absolute Gasteiger partial charge is 0.454 e. The second-order valence-electron chi connectivity index (χ2n) is 6.24. The lowest BCUT2D eigenvalue weighted by atomic mass is 10.1. The lowest BCUT2D eigenvalue weighted by molar-refractivity contribution is -0.115. The summed E-state index contributed by atoms with van der Waals surface area (Å²) in [5.41, 5.74) is 1.76. The molecule has 1 aromatic heterocycles. The van der Waals surface area contributed by atoms with Crippen LogP contribution < -0.4 is 14.8 Å². The van der Waals surface area contributed by atoms with Gasteiger partial charge in [-0.15, -0.1) is 11.3 Å². The van der Waals surface area contributed by atoms with Gasteiger partial charge in [-0.1, -0.05) is 35.0 Å². The van der Waals surface area contributed by atoms with Crippen molar-refractivity contribution in [3.63, 3.8) is 0 Å². The minimum Gasteiger partial charge on any atom is -0.454 e. The normalized spacial score (nSPS) is 12.1. The molecule has 0 fully saturated rings.